The molecule has 0 bridgehead atoms. The second kappa shape index (κ2) is 3.43. The van der Waals surface area contributed by atoms with Gasteiger partial charge in [0.1, 0.15) is 11.1 Å². The van der Waals surface area contributed by atoms with Gasteiger partial charge in [-0.25, -0.2) is 0 Å². The van der Waals surface area contributed by atoms with Gasteiger partial charge in [0, 0.05) is 12.4 Å². The molecule has 5 nitrogen and oxygen atoms in total. The summed E-state index contributed by atoms with van der Waals surface area (Å²) in [6, 6.07) is 3.34. The molecule has 5 heteroatoms. The zero-order chi connectivity index (χ0) is 12.8. The minimum atomic E-state index is -0.770. The standard InChI is InChI=1S/C12H16N3O2/c1-11(2)12(3,4)15(17)10(14(11)16)9-5-7-13-8-6-9/h5-8H,1-4H3/q-1. The minimum Gasteiger partial charge on any atom is -0.715 e. The zero-order valence-electron chi connectivity index (χ0n) is 10.5. The van der Waals surface area contributed by atoms with Crippen LogP contribution < -0.4 is 0 Å². The number of rotatable bonds is 1. The van der Waals surface area contributed by atoms with Crippen LogP contribution in [-0.4, -0.2) is 31.7 Å². The average Bonchev–Trinajstić information content (AvgIpc) is 2.40. The molecule has 1 aliphatic heterocycles. The van der Waals surface area contributed by atoms with Gasteiger partial charge < -0.3 is 10.4 Å². The number of hydrogen-bond acceptors (Lipinski definition) is 4. The molecule has 0 spiro atoms. The van der Waals surface area contributed by atoms with Gasteiger partial charge in [-0.2, -0.15) is 0 Å². The second-order valence-electron chi connectivity index (χ2n) is 5.27. The molecule has 0 saturated heterocycles. The highest BCUT2D eigenvalue weighted by atomic mass is 16.5. The lowest BCUT2D eigenvalue weighted by molar-refractivity contribution is -0.539. The van der Waals surface area contributed by atoms with E-state index in [4.69, 9.17) is 0 Å². The molecule has 0 aliphatic carbocycles. The Labute approximate surface area is 101 Å². The summed E-state index contributed by atoms with van der Waals surface area (Å²) in [5, 5.41) is 25.3. The summed E-state index contributed by atoms with van der Waals surface area (Å²) in [4.78, 5) is 3.89. The van der Waals surface area contributed by atoms with E-state index in [-0.39, 0.29) is 5.84 Å². The molecule has 0 saturated carbocycles. The predicted molar refractivity (Wildman–Crippen MR) is 65.3 cm³/mol. The third kappa shape index (κ3) is 1.42. The van der Waals surface area contributed by atoms with Crippen molar-refractivity contribution in [3.8, 4) is 0 Å². The van der Waals surface area contributed by atoms with Gasteiger partial charge in [0.25, 0.3) is 5.84 Å². The molecular weight excluding hydrogens is 218 g/mol. The molecule has 0 amide bonds. The van der Waals surface area contributed by atoms with Crippen molar-refractivity contribution in [3.05, 3.63) is 40.5 Å². The van der Waals surface area contributed by atoms with E-state index >= 15 is 0 Å². The Kier molecular flexibility index (Phi) is 2.39. The summed E-state index contributed by atoms with van der Waals surface area (Å²) < 4.78 is 0.801. The molecule has 2 rings (SSSR count). The van der Waals surface area contributed by atoms with E-state index in [2.05, 4.69) is 4.98 Å². The van der Waals surface area contributed by atoms with Crippen LogP contribution in [0.4, 0.5) is 0 Å². The molecule has 1 aromatic rings. The summed E-state index contributed by atoms with van der Waals surface area (Å²) in [6.45, 7) is 7.11. The van der Waals surface area contributed by atoms with Gasteiger partial charge in [-0.05, 0) is 39.8 Å². The van der Waals surface area contributed by atoms with Gasteiger partial charge in [0.05, 0.1) is 5.56 Å². The fraction of sp³-hybridized carbons (Fsp3) is 0.500. The van der Waals surface area contributed by atoms with Crippen LogP contribution in [0.3, 0.4) is 0 Å². The van der Waals surface area contributed by atoms with Crippen LogP contribution in [0, 0.1) is 10.4 Å². The largest absolute Gasteiger partial charge is 0.715 e. The molecule has 2 heterocycles. The topological polar surface area (TPSA) is 65.3 Å². The van der Waals surface area contributed by atoms with Crippen molar-refractivity contribution < 1.29 is 4.74 Å². The van der Waals surface area contributed by atoms with Crippen LogP contribution in [0.2, 0.25) is 0 Å². The van der Waals surface area contributed by atoms with Crippen molar-refractivity contribution in [2.75, 3.05) is 0 Å². The Balaban J connectivity index is 2.59. The summed E-state index contributed by atoms with van der Waals surface area (Å²) in [7, 11) is 0. The number of pyridine rings is 1. The molecule has 1 aromatic heterocycles. The maximum absolute atomic E-state index is 12.3. The fourth-order valence-corrected chi connectivity index (χ4v) is 1.84. The maximum Gasteiger partial charge on any atom is 0.279 e. The third-order valence-corrected chi connectivity index (χ3v) is 3.84. The molecule has 0 aromatic carbocycles. The van der Waals surface area contributed by atoms with E-state index in [1.165, 1.54) is 0 Å². The average molecular weight is 234 g/mol. The smallest absolute Gasteiger partial charge is 0.279 e. The lowest BCUT2D eigenvalue weighted by Gasteiger charge is -2.39. The van der Waals surface area contributed by atoms with Gasteiger partial charge in [-0.3, -0.25) is 14.8 Å². The van der Waals surface area contributed by atoms with Crippen LogP contribution in [0.1, 0.15) is 33.3 Å². The van der Waals surface area contributed by atoms with Gasteiger partial charge in [-0.15, -0.1) is 0 Å². The van der Waals surface area contributed by atoms with Crippen LogP contribution in [0.25, 0.3) is 0 Å². The zero-order valence-corrected chi connectivity index (χ0v) is 10.5. The van der Waals surface area contributed by atoms with E-state index in [0.717, 1.165) is 9.80 Å². The predicted octanol–water partition coefficient (Wildman–Crippen LogP) is 1.71. The Bertz CT molecular complexity index is 466. The summed E-state index contributed by atoms with van der Waals surface area (Å²) in [6.07, 6.45) is 3.14. The molecule has 1 aliphatic rings. The molecule has 92 valence electrons. The van der Waals surface area contributed by atoms with Crippen molar-refractivity contribution >= 4 is 5.84 Å². The normalized spacial score (nSPS) is 22.1. The van der Waals surface area contributed by atoms with Crippen molar-refractivity contribution in [2.45, 2.75) is 38.8 Å². The highest BCUT2D eigenvalue weighted by Crippen LogP contribution is 2.37. The first-order valence-electron chi connectivity index (χ1n) is 5.52. The molecule has 0 unspecified atom stereocenters. The first-order chi connectivity index (χ1) is 7.80. The van der Waals surface area contributed by atoms with E-state index < -0.39 is 11.1 Å². The van der Waals surface area contributed by atoms with Crippen molar-refractivity contribution in [3.63, 3.8) is 0 Å². The van der Waals surface area contributed by atoms with Crippen LogP contribution in [0.5, 0.6) is 0 Å². The Morgan fingerprint density at radius 2 is 1.71 bits per heavy atom. The lowest BCUT2D eigenvalue weighted by Crippen LogP contribution is -2.52. The summed E-state index contributed by atoms with van der Waals surface area (Å²) in [5.74, 6) is 0.155. The SMILES string of the molecule is CC1(C)N([O-])C(c2ccncc2)=[N+]([O-])C1(C)C. The van der Waals surface area contributed by atoms with E-state index in [0.29, 0.717) is 5.56 Å². The van der Waals surface area contributed by atoms with Crippen LogP contribution in [-0.2, 0) is 0 Å². The number of hydrogen-bond donors (Lipinski definition) is 0. The molecule has 17 heavy (non-hydrogen) atoms. The highest BCUT2D eigenvalue weighted by molar-refractivity contribution is 5.96. The number of amidine groups is 1. The van der Waals surface area contributed by atoms with Gasteiger partial charge in [-0.1, -0.05) is 0 Å². The molecule has 0 atom stereocenters. The quantitative estimate of drug-likeness (QED) is 0.548. The number of nitrogens with zero attached hydrogens (tertiary/aromatic N) is 3. The van der Waals surface area contributed by atoms with Crippen molar-refractivity contribution in [1.82, 2.24) is 10.0 Å². The third-order valence-electron chi connectivity index (χ3n) is 3.84. The number of hydroxylamine groups is 3. The fourth-order valence-electron chi connectivity index (χ4n) is 1.84. The Hall–Kier alpha value is -1.62. The second-order valence-corrected chi connectivity index (χ2v) is 5.27. The highest BCUT2D eigenvalue weighted by Gasteiger charge is 2.54. The van der Waals surface area contributed by atoms with Crippen molar-refractivity contribution in [2.24, 2.45) is 0 Å². The number of aromatic nitrogens is 1. The van der Waals surface area contributed by atoms with Crippen LogP contribution >= 0.6 is 0 Å². The molecule has 0 N–H and O–H groups in total. The molecular formula is C12H16N3O2-. The van der Waals surface area contributed by atoms with Gasteiger partial charge >= 0.3 is 0 Å². The van der Waals surface area contributed by atoms with Crippen LogP contribution in [0.15, 0.2) is 24.5 Å². The maximum atomic E-state index is 12.3. The van der Waals surface area contributed by atoms with Crippen molar-refractivity contribution in [1.29, 1.82) is 0 Å². The van der Waals surface area contributed by atoms with E-state index in [1.54, 1.807) is 52.2 Å². The van der Waals surface area contributed by atoms with Gasteiger partial charge in [0.15, 0.2) is 0 Å². The summed E-state index contributed by atoms with van der Waals surface area (Å²) >= 11 is 0. The Morgan fingerprint density at radius 3 is 2.12 bits per heavy atom. The first kappa shape index (κ1) is 11.9. The summed E-state index contributed by atoms with van der Waals surface area (Å²) in [5.41, 5.74) is -0.940. The Morgan fingerprint density at radius 1 is 1.18 bits per heavy atom. The first-order valence-corrected chi connectivity index (χ1v) is 5.52. The molecule has 0 fully saturated rings. The van der Waals surface area contributed by atoms with Gasteiger partial charge in [0.2, 0.25) is 0 Å². The minimum absolute atomic E-state index is 0.155. The monoisotopic (exact) mass is 234 g/mol. The lowest BCUT2D eigenvalue weighted by atomic mass is 9.84. The van der Waals surface area contributed by atoms with E-state index in [1.807, 2.05) is 0 Å². The molecule has 0 radical (unpaired) electrons. The van der Waals surface area contributed by atoms with E-state index in [9.17, 15) is 10.4 Å².